The Morgan fingerprint density at radius 3 is 2.54 bits per heavy atom. The largest absolute Gasteiger partial charge is 0.497 e. The lowest BCUT2D eigenvalue weighted by molar-refractivity contribution is -0.115. The van der Waals surface area contributed by atoms with Crippen LogP contribution in [0, 0.1) is 17.2 Å². The van der Waals surface area contributed by atoms with Gasteiger partial charge in [0, 0.05) is 24.4 Å². The molecule has 8 nitrogen and oxygen atoms in total. The first-order valence-corrected chi connectivity index (χ1v) is 8.69. The number of hydrazine groups is 1. The third-order valence-electron chi connectivity index (χ3n) is 3.13. The number of aromatic nitrogens is 2. The molecule has 1 aromatic heterocycles. The summed E-state index contributed by atoms with van der Waals surface area (Å²) in [5.74, 6) is 1.28. The molecule has 8 heteroatoms. The van der Waals surface area contributed by atoms with E-state index in [0.29, 0.717) is 23.7 Å². The minimum atomic E-state index is -0.285. The van der Waals surface area contributed by atoms with Gasteiger partial charge in [-0.1, -0.05) is 19.9 Å². The van der Waals surface area contributed by atoms with Gasteiger partial charge in [0.15, 0.2) is 5.82 Å². The molecule has 2 rings (SSSR count). The fourth-order valence-corrected chi connectivity index (χ4v) is 2.07. The van der Waals surface area contributed by atoms with Crippen LogP contribution >= 0.6 is 0 Å². The molecule has 0 atom stereocenters. The smallest absolute Gasteiger partial charge is 0.269 e. The van der Waals surface area contributed by atoms with E-state index in [9.17, 15) is 9.59 Å². The zero-order valence-corrected chi connectivity index (χ0v) is 16.8. The van der Waals surface area contributed by atoms with Crippen LogP contribution in [0.5, 0.6) is 5.75 Å². The molecular weight excluding hydrogens is 358 g/mol. The Hall–Kier alpha value is -3.47. The zero-order chi connectivity index (χ0) is 21.1. The SMILES string of the molecule is CC(C)=O.COc1cccc(C(=O)NN(CC(C)C)c2ccnc(C#N)n2)c1. The second kappa shape index (κ2) is 11.3. The number of carbonyl (C=O) groups is 2. The average molecular weight is 383 g/mol. The molecule has 0 bridgehead atoms. The van der Waals surface area contributed by atoms with Crippen molar-refractivity contribution in [3.05, 3.63) is 47.9 Å². The van der Waals surface area contributed by atoms with Crippen LogP contribution in [0.4, 0.5) is 5.82 Å². The van der Waals surface area contributed by atoms with Crippen LogP contribution in [0.25, 0.3) is 0 Å². The molecule has 148 valence electrons. The maximum Gasteiger partial charge on any atom is 0.269 e. The number of anilines is 1. The van der Waals surface area contributed by atoms with Crippen LogP contribution in [0.15, 0.2) is 36.5 Å². The summed E-state index contributed by atoms with van der Waals surface area (Å²) in [4.78, 5) is 30.0. The standard InChI is InChI=1S/C17H19N5O2.C3H6O/c1-12(2)11-22(16-7-8-19-15(10-18)20-16)21-17(23)13-5-4-6-14(9-13)24-3;1-3(2)4/h4-9,12H,11H2,1-3H3,(H,21,23);1-2H3. The predicted molar refractivity (Wildman–Crippen MR) is 106 cm³/mol. The minimum Gasteiger partial charge on any atom is -0.497 e. The maximum atomic E-state index is 12.5. The van der Waals surface area contributed by atoms with E-state index in [1.165, 1.54) is 20.0 Å². The first-order chi connectivity index (χ1) is 13.3. The van der Waals surface area contributed by atoms with E-state index in [1.54, 1.807) is 42.5 Å². The number of ether oxygens (including phenoxy) is 1. The molecule has 0 aliphatic rings. The van der Waals surface area contributed by atoms with E-state index in [0.717, 1.165) is 0 Å². The second-order valence-corrected chi connectivity index (χ2v) is 6.44. The van der Waals surface area contributed by atoms with Crippen molar-refractivity contribution >= 4 is 17.5 Å². The Labute approximate surface area is 165 Å². The van der Waals surface area contributed by atoms with Crippen molar-refractivity contribution < 1.29 is 14.3 Å². The predicted octanol–water partition coefficient (Wildman–Crippen LogP) is 2.76. The van der Waals surface area contributed by atoms with E-state index in [1.807, 2.05) is 19.9 Å². The van der Waals surface area contributed by atoms with Crippen LogP contribution in [0.2, 0.25) is 0 Å². The first-order valence-electron chi connectivity index (χ1n) is 8.69. The molecule has 0 saturated heterocycles. The highest BCUT2D eigenvalue weighted by molar-refractivity contribution is 5.95. The molecule has 1 aromatic carbocycles. The van der Waals surface area contributed by atoms with Crippen LogP contribution in [-0.2, 0) is 4.79 Å². The van der Waals surface area contributed by atoms with Crippen molar-refractivity contribution in [2.45, 2.75) is 27.7 Å². The maximum absolute atomic E-state index is 12.5. The number of nitriles is 1. The van der Waals surface area contributed by atoms with Crippen molar-refractivity contribution in [3.63, 3.8) is 0 Å². The Bertz CT molecular complexity index is 842. The molecule has 0 aliphatic heterocycles. The third kappa shape index (κ3) is 7.83. The number of ketones is 1. The Morgan fingerprint density at radius 1 is 1.29 bits per heavy atom. The number of nitrogens with one attached hydrogen (secondary N) is 1. The summed E-state index contributed by atoms with van der Waals surface area (Å²) in [6.07, 6.45) is 1.49. The minimum absolute atomic E-state index is 0.0527. The molecule has 28 heavy (non-hydrogen) atoms. The zero-order valence-electron chi connectivity index (χ0n) is 16.8. The third-order valence-corrected chi connectivity index (χ3v) is 3.13. The number of amides is 1. The van der Waals surface area contributed by atoms with Gasteiger partial charge in [-0.15, -0.1) is 0 Å². The number of hydrogen-bond donors (Lipinski definition) is 1. The second-order valence-electron chi connectivity index (χ2n) is 6.44. The number of rotatable bonds is 6. The Balaban J connectivity index is 0.000000892. The van der Waals surface area contributed by atoms with Crippen LogP contribution < -0.4 is 15.2 Å². The van der Waals surface area contributed by atoms with E-state index in [4.69, 9.17) is 10.00 Å². The molecule has 1 N–H and O–H groups in total. The lowest BCUT2D eigenvalue weighted by Gasteiger charge is -2.26. The lowest BCUT2D eigenvalue weighted by Crippen LogP contribution is -2.45. The summed E-state index contributed by atoms with van der Waals surface area (Å²) >= 11 is 0. The molecule has 1 heterocycles. The fraction of sp³-hybridized carbons (Fsp3) is 0.350. The van der Waals surface area contributed by atoms with Gasteiger partial charge in [0.05, 0.1) is 7.11 Å². The van der Waals surface area contributed by atoms with Crippen molar-refractivity contribution in [2.75, 3.05) is 18.7 Å². The normalized spacial score (nSPS) is 9.61. The number of carbonyl (C=O) groups excluding carboxylic acids is 2. The van der Waals surface area contributed by atoms with Crippen molar-refractivity contribution in [2.24, 2.45) is 5.92 Å². The van der Waals surface area contributed by atoms with E-state index >= 15 is 0 Å². The summed E-state index contributed by atoms with van der Waals surface area (Å²) < 4.78 is 5.14. The highest BCUT2D eigenvalue weighted by Crippen LogP contribution is 2.14. The lowest BCUT2D eigenvalue weighted by atomic mass is 10.2. The highest BCUT2D eigenvalue weighted by atomic mass is 16.5. The van der Waals surface area contributed by atoms with Gasteiger partial charge < -0.3 is 9.53 Å². The number of benzene rings is 1. The molecular formula is C20H25N5O3. The van der Waals surface area contributed by atoms with Crippen LogP contribution in [0.1, 0.15) is 43.9 Å². The molecule has 0 aliphatic carbocycles. The topological polar surface area (TPSA) is 108 Å². The van der Waals surface area contributed by atoms with Gasteiger partial charge in [0.2, 0.25) is 5.82 Å². The number of nitrogens with zero attached hydrogens (tertiary/aromatic N) is 4. The molecule has 2 aromatic rings. The molecule has 1 amide bonds. The Kier molecular flexibility index (Phi) is 9.10. The van der Waals surface area contributed by atoms with Crippen molar-refractivity contribution in [1.29, 1.82) is 5.26 Å². The summed E-state index contributed by atoms with van der Waals surface area (Å²) in [5, 5.41) is 10.6. The number of methoxy groups -OCH3 is 1. The van der Waals surface area contributed by atoms with Gasteiger partial charge in [-0.05, 0) is 38.0 Å². The highest BCUT2D eigenvalue weighted by Gasteiger charge is 2.16. The van der Waals surface area contributed by atoms with Gasteiger partial charge in [-0.2, -0.15) is 10.2 Å². The van der Waals surface area contributed by atoms with E-state index < -0.39 is 0 Å². The van der Waals surface area contributed by atoms with Gasteiger partial charge in [0.25, 0.3) is 5.91 Å². The summed E-state index contributed by atoms with van der Waals surface area (Å²) in [5.41, 5.74) is 3.29. The van der Waals surface area contributed by atoms with Crippen LogP contribution in [-0.4, -0.2) is 35.3 Å². The molecule has 0 spiro atoms. The molecule has 0 unspecified atom stereocenters. The fourth-order valence-electron chi connectivity index (χ4n) is 2.07. The van der Waals surface area contributed by atoms with E-state index in [2.05, 4.69) is 15.4 Å². The monoisotopic (exact) mass is 383 g/mol. The summed E-state index contributed by atoms with van der Waals surface area (Å²) in [6, 6.07) is 10.4. The average Bonchev–Trinajstić information content (AvgIpc) is 2.66. The van der Waals surface area contributed by atoms with Crippen molar-refractivity contribution in [1.82, 2.24) is 15.4 Å². The van der Waals surface area contributed by atoms with Gasteiger partial charge in [-0.25, -0.2) is 4.98 Å². The quantitative estimate of drug-likeness (QED) is 0.764. The first kappa shape index (κ1) is 22.6. The van der Waals surface area contributed by atoms with Gasteiger partial charge in [-0.3, -0.25) is 15.2 Å². The molecule has 0 radical (unpaired) electrons. The summed E-state index contributed by atoms with van der Waals surface area (Å²) in [7, 11) is 1.55. The number of hydrogen-bond acceptors (Lipinski definition) is 7. The van der Waals surface area contributed by atoms with Gasteiger partial charge in [0.1, 0.15) is 17.6 Å². The molecule has 0 saturated carbocycles. The summed E-state index contributed by atoms with van der Waals surface area (Å²) in [6.45, 7) is 7.64. The van der Waals surface area contributed by atoms with E-state index in [-0.39, 0.29) is 23.4 Å². The Morgan fingerprint density at radius 2 is 1.96 bits per heavy atom. The number of Topliss-reactive ketones (excluding diaryl/α,β-unsaturated/α-hetero) is 1. The van der Waals surface area contributed by atoms with Crippen molar-refractivity contribution in [3.8, 4) is 11.8 Å². The van der Waals surface area contributed by atoms with Crippen LogP contribution in [0.3, 0.4) is 0 Å². The molecule has 0 fully saturated rings. The van der Waals surface area contributed by atoms with Gasteiger partial charge >= 0.3 is 0 Å².